The van der Waals surface area contributed by atoms with Crippen LogP contribution < -0.4 is 10.6 Å². The predicted molar refractivity (Wildman–Crippen MR) is 126 cm³/mol. The van der Waals surface area contributed by atoms with Gasteiger partial charge in [-0.05, 0) is 35.1 Å². The van der Waals surface area contributed by atoms with Crippen molar-refractivity contribution in [2.75, 3.05) is 17.2 Å². The Labute approximate surface area is 193 Å². The maximum Gasteiger partial charge on any atom is 0.301 e. The largest absolute Gasteiger partial charge is 0.432 e. The summed E-state index contributed by atoms with van der Waals surface area (Å²) in [5.74, 6) is 0.423. The Morgan fingerprint density at radius 3 is 2.56 bits per heavy atom. The number of amides is 1. The molecule has 1 amide bonds. The lowest BCUT2D eigenvalue weighted by atomic mass is 10.2. The van der Waals surface area contributed by atoms with Crippen molar-refractivity contribution in [1.29, 1.82) is 0 Å². The molecular formula is C22H23N5O3S2. The fourth-order valence-corrected chi connectivity index (χ4v) is 3.93. The van der Waals surface area contributed by atoms with E-state index >= 15 is 0 Å². The molecule has 0 atom stereocenters. The first kappa shape index (κ1) is 23.3. The second-order valence-electron chi connectivity index (χ2n) is 6.93. The highest BCUT2D eigenvalue weighted by molar-refractivity contribution is 7.15. The number of ketones is 1. The standard InChI is InChI=1S/C12H14N2OS2.C10H9N3O2/c1-8(2)11-6-14-12(17-11)13-5-10(15)9-3-4-16-7-9;14-9(13-10-12-5-6-15-10)7-8-1-3-11-4-2-8/h3-4,6-8H,5H2,1-2H3,(H,13,14);1-6H,7H2,(H,12,13,14). The average Bonchev–Trinajstić information content (AvgIpc) is 3.56. The van der Waals surface area contributed by atoms with Gasteiger partial charge < -0.3 is 9.73 Å². The van der Waals surface area contributed by atoms with Crippen molar-refractivity contribution in [3.8, 4) is 0 Å². The van der Waals surface area contributed by atoms with E-state index in [9.17, 15) is 9.59 Å². The maximum atomic E-state index is 11.7. The van der Waals surface area contributed by atoms with E-state index in [0.717, 1.165) is 16.3 Å². The summed E-state index contributed by atoms with van der Waals surface area (Å²) in [4.78, 5) is 36.3. The van der Waals surface area contributed by atoms with E-state index in [-0.39, 0.29) is 24.1 Å². The van der Waals surface area contributed by atoms with Crippen LogP contribution in [0.2, 0.25) is 0 Å². The number of nitrogens with one attached hydrogen (secondary N) is 2. The molecule has 0 saturated carbocycles. The number of nitrogens with zero attached hydrogens (tertiary/aromatic N) is 3. The first-order chi connectivity index (χ1) is 15.5. The number of carbonyl (C=O) groups is 2. The van der Waals surface area contributed by atoms with E-state index in [1.807, 2.05) is 23.0 Å². The van der Waals surface area contributed by atoms with Crippen molar-refractivity contribution >= 4 is 45.5 Å². The molecule has 2 N–H and O–H groups in total. The number of Topliss-reactive ketones (excluding diaryl/α,β-unsaturated/α-hetero) is 1. The normalized spacial score (nSPS) is 10.3. The molecule has 0 aromatic carbocycles. The molecule has 0 radical (unpaired) electrons. The first-order valence-electron chi connectivity index (χ1n) is 9.84. The second-order valence-corrected chi connectivity index (χ2v) is 8.77. The van der Waals surface area contributed by atoms with Crippen molar-refractivity contribution in [3.63, 3.8) is 0 Å². The maximum absolute atomic E-state index is 11.7. The number of rotatable bonds is 8. The van der Waals surface area contributed by atoms with E-state index in [2.05, 4.69) is 39.4 Å². The van der Waals surface area contributed by atoms with E-state index in [0.29, 0.717) is 12.5 Å². The monoisotopic (exact) mass is 469 g/mol. The summed E-state index contributed by atoms with van der Waals surface area (Å²) in [7, 11) is 0. The highest BCUT2D eigenvalue weighted by Crippen LogP contribution is 2.25. The molecule has 0 fully saturated rings. The van der Waals surface area contributed by atoms with Gasteiger partial charge in [0.1, 0.15) is 6.26 Å². The van der Waals surface area contributed by atoms with E-state index < -0.39 is 0 Å². The smallest absolute Gasteiger partial charge is 0.301 e. The zero-order valence-electron chi connectivity index (χ0n) is 17.6. The fourth-order valence-electron chi connectivity index (χ4n) is 2.45. The van der Waals surface area contributed by atoms with E-state index in [1.165, 1.54) is 28.7 Å². The molecule has 0 saturated heterocycles. The topological polar surface area (TPSA) is 110 Å². The molecule has 0 aliphatic carbocycles. The zero-order valence-corrected chi connectivity index (χ0v) is 19.3. The highest BCUT2D eigenvalue weighted by Gasteiger charge is 2.09. The number of hydrogen-bond donors (Lipinski definition) is 2. The molecule has 166 valence electrons. The van der Waals surface area contributed by atoms with Gasteiger partial charge in [-0.1, -0.05) is 13.8 Å². The minimum atomic E-state index is -0.163. The molecule has 4 heterocycles. The number of oxazole rings is 1. The third-order valence-electron chi connectivity index (χ3n) is 4.13. The van der Waals surface area contributed by atoms with Crippen LogP contribution in [0, 0.1) is 0 Å². The van der Waals surface area contributed by atoms with E-state index in [4.69, 9.17) is 4.42 Å². The van der Waals surface area contributed by atoms with Gasteiger partial charge in [0.15, 0.2) is 10.9 Å². The third kappa shape index (κ3) is 7.40. The molecule has 4 aromatic rings. The van der Waals surface area contributed by atoms with Gasteiger partial charge in [0.05, 0.1) is 19.2 Å². The molecule has 4 rings (SSSR count). The Morgan fingerprint density at radius 1 is 1.12 bits per heavy atom. The summed E-state index contributed by atoms with van der Waals surface area (Å²) < 4.78 is 4.89. The Hall–Kier alpha value is -3.37. The van der Waals surface area contributed by atoms with Gasteiger partial charge >= 0.3 is 6.01 Å². The molecule has 32 heavy (non-hydrogen) atoms. The number of anilines is 2. The van der Waals surface area contributed by atoms with Crippen LogP contribution in [-0.2, 0) is 11.2 Å². The molecule has 0 aliphatic rings. The van der Waals surface area contributed by atoms with Crippen LogP contribution in [0.5, 0.6) is 0 Å². The van der Waals surface area contributed by atoms with Gasteiger partial charge in [-0.15, -0.1) is 11.3 Å². The molecule has 10 heteroatoms. The van der Waals surface area contributed by atoms with Gasteiger partial charge in [-0.25, -0.2) is 9.97 Å². The molecule has 0 bridgehead atoms. The first-order valence-corrected chi connectivity index (χ1v) is 11.6. The number of thiazole rings is 1. The second kappa shape index (κ2) is 11.9. The minimum Gasteiger partial charge on any atom is -0.432 e. The molecule has 8 nitrogen and oxygen atoms in total. The van der Waals surface area contributed by atoms with Crippen LogP contribution in [0.1, 0.15) is 40.6 Å². The van der Waals surface area contributed by atoms with Crippen molar-refractivity contribution in [1.82, 2.24) is 15.0 Å². The van der Waals surface area contributed by atoms with Crippen molar-refractivity contribution < 1.29 is 14.0 Å². The summed E-state index contributed by atoms with van der Waals surface area (Å²) in [5, 5.41) is 10.2. The van der Waals surface area contributed by atoms with Gasteiger partial charge in [0, 0.05) is 34.4 Å². The molecule has 0 spiro atoms. The summed E-state index contributed by atoms with van der Waals surface area (Å²) in [6, 6.07) is 5.63. The Balaban J connectivity index is 0.000000182. The number of hydrogen-bond acceptors (Lipinski definition) is 9. The van der Waals surface area contributed by atoms with Crippen LogP contribution >= 0.6 is 22.7 Å². The SMILES string of the molecule is CC(C)c1cnc(NCC(=O)c2ccsc2)s1.O=C(Cc1ccncc1)Nc1ncco1. The molecule has 0 aliphatic heterocycles. The Morgan fingerprint density at radius 2 is 1.94 bits per heavy atom. The van der Waals surface area contributed by atoms with Gasteiger partial charge in [0.25, 0.3) is 0 Å². The minimum absolute atomic E-state index is 0.104. The number of thiophene rings is 1. The number of aromatic nitrogens is 3. The fraction of sp³-hybridized carbons (Fsp3) is 0.227. The summed E-state index contributed by atoms with van der Waals surface area (Å²) in [6.45, 7) is 4.57. The Bertz CT molecular complexity index is 1090. The van der Waals surface area contributed by atoms with Gasteiger partial charge in [-0.2, -0.15) is 11.3 Å². The lowest BCUT2D eigenvalue weighted by Crippen LogP contribution is -2.14. The van der Waals surface area contributed by atoms with Crippen LogP contribution in [0.25, 0.3) is 0 Å². The van der Waals surface area contributed by atoms with Crippen molar-refractivity contribution in [2.24, 2.45) is 0 Å². The van der Waals surface area contributed by atoms with Crippen LogP contribution in [-0.4, -0.2) is 33.2 Å². The molecule has 0 unspecified atom stereocenters. The molecular weight excluding hydrogens is 446 g/mol. The van der Waals surface area contributed by atoms with Crippen molar-refractivity contribution in [3.05, 3.63) is 76.0 Å². The Kier molecular flexibility index (Phi) is 8.64. The van der Waals surface area contributed by atoms with Crippen LogP contribution in [0.3, 0.4) is 0 Å². The lowest BCUT2D eigenvalue weighted by Gasteiger charge is -2.00. The quantitative estimate of drug-likeness (QED) is 0.354. The third-order valence-corrected chi connectivity index (χ3v) is 6.07. The zero-order chi connectivity index (χ0) is 22.8. The van der Waals surface area contributed by atoms with Gasteiger partial charge in [-0.3, -0.25) is 19.9 Å². The summed E-state index contributed by atoms with van der Waals surface area (Å²) in [5.41, 5.74) is 1.66. The lowest BCUT2D eigenvalue weighted by molar-refractivity contribution is -0.115. The van der Waals surface area contributed by atoms with Crippen LogP contribution in [0.4, 0.5) is 11.1 Å². The highest BCUT2D eigenvalue weighted by atomic mass is 32.1. The summed E-state index contributed by atoms with van der Waals surface area (Å²) >= 11 is 3.14. The van der Waals surface area contributed by atoms with Crippen LogP contribution in [0.15, 0.2) is 64.4 Å². The van der Waals surface area contributed by atoms with E-state index in [1.54, 1.807) is 35.9 Å². The van der Waals surface area contributed by atoms with Gasteiger partial charge in [0.2, 0.25) is 5.91 Å². The van der Waals surface area contributed by atoms with Crippen molar-refractivity contribution in [2.45, 2.75) is 26.2 Å². The summed E-state index contributed by atoms with van der Waals surface area (Å²) in [6.07, 6.45) is 8.32. The molecule has 4 aromatic heterocycles. The average molecular weight is 470 g/mol. The number of pyridine rings is 1. The number of carbonyl (C=O) groups excluding carboxylic acids is 2. The predicted octanol–water partition coefficient (Wildman–Crippen LogP) is 4.87.